The molecule has 0 spiro atoms. The number of rotatable bonds is 2. The Morgan fingerprint density at radius 1 is 1.50 bits per heavy atom. The van der Waals surface area contributed by atoms with Gasteiger partial charge in [-0.2, -0.15) is 10.5 Å². The molecule has 0 aliphatic rings. The van der Waals surface area contributed by atoms with Crippen LogP contribution in [0.3, 0.4) is 0 Å². The lowest BCUT2D eigenvalue weighted by Gasteiger charge is -1.89. The molecule has 0 bridgehead atoms. The van der Waals surface area contributed by atoms with Crippen molar-refractivity contribution in [2.24, 2.45) is 0 Å². The van der Waals surface area contributed by atoms with Crippen LogP contribution >= 0.6 is 0 Å². The fourth-order valence-electron chi connectivity index (χ4n) is 0.443. The molecule has 0 aliphatic heterocycles. The second-order valence-corrected chi connectivity index (χ2v) is 1.75. The fraction of sp³-hybridized carbons (Fsp3) is 0.286. The van der Waals surface area contributed by atoms with Gasteiger partial charge in [0.05, 0.1) is 0 Å². The molecule has 3 heteroatoms. The van der Waals surface area contributed by atoms with Gasteiger partial charge in [0, 0.05) is 6.42 Å². The van der Waals surface area contributed by atoms with Gasteiger partial charge in [0.1, 0.15) is 24.0 Å². The number of hydrogen-bond acceptors (Lipinski definition) is 3. The Kier molecular flexibility index (Phi) is 3.60. The summed E-state index contributed by atoms with van der Waals surface area (Å²) >= 11 is 0. The Labute approximate surface area is 59.2 Å². The maximum absolute atomic E-state index is 9.90. The van der Waals surface area contributed by atoms with Crippen LogP contribution in [0, 0.1) is 22.7 Å². The van der Waals surface area contributed by atoms with E-state index in [0.29, 0.717) is 11.9 Å². The number of carbonyl (C=O) groups excluding carboxylic acids is 1. The summed E-state index contributed by atoms with van der Waals surface area (Å²) in [6.07, 6.45) is 0.834. The van der Waals surface area contributed by atoms with Gasteiger partial charge in [-0.15, -0.1) is 0 Å². The van der Waals surface area contributed by atoms with Gasteiger partial charge in [-0.05, 0) is 12.5 Å². The topological polar surface area (TPSA) is 64.7 Å². The first-order valence-corrected chi connectivity index (χ1v) is 2.69. The monoisotopic (exact) mass is 134 g/mol. The minimum Gasteiger partial charge on any atom is -0.303 e. The molecule has 0 saturated heterocycles. The molecular weight excluding hydrogens is 128 g/mol. The van der Waals surface area contributed by atoms with E-state index in [-0.39, 0.29) is 12.0 Å². The molecule has 0 atom stereocenters. The molecular formula is C7H6N2O. The Bertz CT molecular complexity index is 223. The van der Waals surface area contributed by atoms with Crippen LogP contribution in [-0.2, 0) is 4.79 Å². The van der Waals surface area contributed by atoms with Crippen molar-refractivity contribution < 1.29 is 4.79 Å². The predicted molar refractivity (Wildman–Crippen MR) is 34.6 cm³/mol. The number of nitriles is 2. The summed E-state index contributed by atoms with van der Waals surface area (Å²) in [4.78, 5) is 9.90. The molecule has 0 heterocycles. The smallest absolute Gasteiger partial charge is 0.129 e. The van der Waals surface area contributed by atoms with Crippen molar-refractivity contribution >= 4 is 6.29 Å². The summed E-state index contributed by atoms with van der Waals surface area (Å²) in [7, 11) is 0. The Hall–Kier alpha value is -1.61. The number of aldehydes is 1. The lowest BCUT2D eigenvalue weighted by Crippen LogP contribution is -1.83. The molecule has 0 radical (unpaired) electrons. The van der Waals surface area contributed by atoms with Gasteiger partial charge >= 0.3 is 0 Å². The third kappa shape index (κ3) is 2.11. The SMILES string of the molecule is CC(CC=O)=C(C#N)C#N. The van der Waals surface area contributed by atoms with Gasteiger partial charge in [0.15, 0.2) is 0 Å². The molecule has 0 rings (SSSR count). The van der Waals surface area contributed by atoms with Crippen LogP contribution in [0.5, 0.6) is 0 Å². The molecule has 0 amide bonds. The van der Waals surface area contributed by atoms with Crippen LogP contribution in [0.4, 0.5) is 0 Å². The molecule has 0 aromatic carbocycles. The van der Waals surface area contributed by atoms with Crippen molar-refractivity contribution in [1.29, 1.82) is 10.5 Å². The highest BCUT2D eigenvalue weighted by atomic mass is 16.1. The molecule has 3 nitrogen and oxygen atoms in total. The minimum absolute atomic E-state index is 0.0344. The van der Waals surface area contributed by atoms with Crippen LogP contribution in [0.2, 0.25) is 0 Å². The number of nitrogens with zero attached hydrogens (tertiary/aromatic N) is 2. The molecule has 10 heavy (non-hydrogen) atoms. The minimum atomic E-state index is 0.0344. The lowest BCUT2D eigenvalue weighted by atomic mass is 10.1. The molecule has 0 fully saturated rings. The van der Waals surface area contributed by atoms with Crippen molar-refractivity contribution in [3.05, 3.63) is 11.1 Å². The molecule has 0 saturated carbocycles. The van der Waals surface area contributed by atoms with Crippen LogP contribution in [0.1, 0.15) is 13.3 Å². The van der Waals surface area contributed by atoms with Crippen LogP contribution in [0.25, 0.3) is 0 Å². The summed E-state index contributed by atoms with van der Waals surface area (Å²) < 4.78 is 0. The first-order chi connectivity index (χ1) is 4.76. The molecule has 0 aromatic rings. The van der Waals surface area contributed by atoms with Gasteiger partial charge in [-0.3, -0.25) is 0 Å². The zero-order valence-electron chi connectivity index (χ0n) is 5.59. The average molecular weight is 134 g/mol. The van der Waals surface area contributed by atoms with E-state index in [1.54, 1.807) is 19.1 Å². The van der Waals surface area contributed by atoms with Gasteiger partial charge in [-0.1, -0.05) is 0 Å². The van der Waals surface area contributed by atoms with Crippen molar-refractivity contribution in [1.82, 2.24) is 0 Å². The maximum atomic E-state index is 9.90. The third-order valence-electron chi connectivity index (χ3n) is 1.04. The predicted octanol–water partition coefficient (Wildman–Crippen LogP) is 0.939. The fourth-order valence-corrected chi connectivity index (χ4v) is 0.443. The van der Waals surface area contributed by atoms with Crippen LogP contribution in [-0.4, -0.2) is 6.29 Å². The van der Waals surface area contributed by atoms with Gasteiger partial charge in [0.25, 0.3) is 0 Å². The molecule has 50 valence electrons. The van der Waals surface area contributed by atoms with Crippen LogP contribution in [0.15, 0.2) is 11.1 Å². The molecule has 0 aromatic heterocycles. The van der Waals surface area contributed by atoms with Crippen molar-refractivity contribution in [2.45, 2.75) is 13.3 Å². The quantitative estimate of drug-likeness (QED) is 0.417. The molecule has 0 unspecified atom stereocenters. The maximum Gasteiger partial charge on any atom is 0.129 e. The first kappa shape index (κ1) is 8.39. The number of carbonyl (C=O) groups is 1. The normalized spacial score (nSPS) is 7.10. The van der Waals surface area contributed by atoms with Gasteiger partial charge < -0.3 is 4.79 Å². The van der Waals surface area contributed by atoms with Gasteiger partial charge in [-0.25, -0.2) is 0 Å². The highest BCUT2D eigenvalue weighted by Crippen LogP contribution is 2.03. The van der Waals surface area contributed by atoms with Crippen molar-refractivity contribution in [2.75, 3.05) is 0 Å². The summed E-state index contributed by atoms with van der Waals surface area (Å²) in [5.74, 6) is 0. The van der Waals surface area contributed by atoms with Crippen LogP contribution < -0.4 is 0 Å². The van der Waals surface area contributed by atoms with E-state index in [4.69, 9.17) is 10.5 Å². The Morgan fingerprint density at radius 3 is 2.30 bits per heavy atom. The summed E-state index contributed by atoms with van der Waals surface area (Å²) in [6.45, 7) is 1.59. The van der Waals surface area contributed by atoms with E-state index in [0.717, 1.165) is 0 Å². The lowest BCUT2D eigenvalue weighted by molar-refractivity contribution is -0.107. The highest BCUT2D eigenvalue weighted by Gasteiger charge is 1.97. The highest BCUT2D eigenvalue weighted by molar-refractivity contribution is 5.57. The molecule has 0 aliphatic carbocycles. The standard InChI is InChI=1S/C7H6N2O/c1-6(2-3-10)7(4-8)5-9/h3H,2H2,1H3. The Balaban J connectivity index is 4.51. The van der Waals surface area contributed by atoms with E-state index in [1.165, 1.54) is 0 Å². The summed E-state index contributed by atoms with van der Waals surface area (Å²) in [5.41, 5.74) is 0.562. The first-order valence-electron chi connectivity index (χ1n) is 2.69. The summed E-state index contributed by atoms with van der Waals surface area (Å²) in [6, 6.07) is 3.39. The average Bonchev–Trinajstić information content (AvgIpc) is 1.91. The number of allylic oxidation sites excluding steroid dienone is 2. The third-order valence-corrected chi connectivity index (χ3v) is 1.04. The van der Waals surface area contributed by atoms with Crippen molar-refractivity contribution in [3.8, 4) is 12.1 Å². The van der Waals surface area contributed by atoms with E-state index in [9.17, 15) is 4.79 Å². The second-order valence-electron chi connectivity index (χ2n) is 1.75. The van der Waals surface area contributed by atoms with Crippen molar-refractivity contribution in [3.63, 3.8) is 0 Å². The van der Waals surface area contributed by atoms with E-state index >= 15 is 0 Å². The van der Waals surface area contributed by atoms with E-state index < -0.39 is 0 Å². The number of hydrogen-bond donors (Lipinski definition) is 0. The Morgan fingerprint density at radius 2 is 2.00 bits per heavy atom. The second kappa shape index (κ2) is 4.29. The van der Waals surface area contributed by atoms with E-state index in [2.05, 4.69) is 0 Å². The largest absolute Gasteiger partial charge is 0.303 e. The summed E-state index contributed by atoms with van der Waals surface area (Å²) in [5, 5.41) is 16.6. The zero-order chi connectivity index (χ0) is 7.98. The van der Waals surface area contributed by atoms with Gasteiger partial charge in [0.2, 0.25) is 0 Å². The van der Waals surface area contributed by atoms with E-state index in [1.807, 2.05) is 0 Å². The zero-order valence-corrected chi connectivity index (χ0v) is 5.59. The molecule has 0 N–H and O–H groups in total.